The van der Waals surface area contributed by atoms with Crippen LogP contribution in [0.4, 0.5) is 0 Å². The molecule has 0 bridgehead atoms. The van der Waals surface area contributed by atoms with Crippen LogP contribution >= 0.6 is 0 Å². The van der Waals surface area contributed by atoms with Crippen LogP contribution in [0.3, 0.4) is 0 Å². The first-order valence-electron chi connectivity index (χ1n) is 5.80. The van der Waals surface area contributed by atoms with Gasteiger partial charge in [-0.25, -0.2) is 0 Å². The molecular formula is C12H24O2. The third kappa shape index (κ3) is 3.25. The lowest BCUT2D eigenvalue weighted by molar-refractivity contribution is -0.102. The largest absolute Gasteiger partial charge is 0.390 e. The molecule has 0 radical (unpaired) electrons. The zero-order valence-corrected chi connectivity index (χ0v) is 9.86. The van der Waals surface area contributed by atoms with Gasteiger partial charge in [-0.2, -0.15) is 0 Å². The van der Waals surface area contributed by atoms with E-state index in [0.29, 0.717) is 17.8 Å². The summed E-state index contributed by atoms with van der Waals surface area (Å²) in [5.74, 6) is 1.68. The smallest absolute Gasteiger partial charge is 0.0859 e. The second-order valence-corrected chi connectivity index (χ2v) is 5.31. The highest BCUT2D eigenvalue weighted by molar-refractivity contribution is 4.83. The molecule has 1 fully saturated rings. The van der Waals surface area contributed by atoms with Crippen LogP contribution in [-0.4, -0.2) is 23.9 Å². The zero-order valence-electron chi connectivity index (χ0n) is 9.86. The number of hydrogen-bond acceptors (Lipinski definition) is 2. The van der Waals surface area contributed by atoms with Crippen molar-refractivity contribution in [3.63, 3.8) is 0 Å². The Hall–Kier alpha value is -0.0800. The second-order valence-electron chi connectivity index (χ2n) is 5.31. The Labute approximate surface area is 87.7 Å². The van der Waals surface area contributed by atoms with E-state index in [0.717, 1.165) is 13.0 Å². The van der Waals surface area contributed by atoms with Crippen LogP contribution in [0.15, 0.2) is 0 Å². The van der Waals surface area contributed by atoms with Gasteiger partial charge in [0.25, 0.3) is 0 Å². The minimum atomic E-state index is -0.257. The normalized spacial score (nSPS) is 39.0. The molecule has 2 heteroatoms. The molecule has 4 unspecified atom stereocenters. The molecule has 84 valence electrons. The van der Waals surface area contributed by atoms with Gasteiger partial charge in [0.15, 0.2) is 0 Å². The molecule has 1 aliphatic carbocycles. The number of ether oxygens (including phenoxy) is 1. The lowest BCUT2D eigenvalue weighted by atomic mass is 9.79. The first kappa shape index (κ1) is 12.0. The van der Waals surface area contributed by atoms with Crippen LogP contribution in [0, 0.1) is 17.8 Å². The lowest BCUT2D eigenvalue weighted by Gasteiger charge is -2.37. The van der Waals surface area contributed by atoms with E-state index in [2.05, 4.69) is 27.7 Å². The number of aliphatic hydroxyl groups is 1. The summed E-state index contributed by atoms with van der Waals surface area (Å²) >= 11 is 0. The monoisotopic (exact) mass is 200 g/mol. The van der Waals surface area contributed by atoms with E-state index in [9.17, 15) is 5.11 Å². The van der Waals surface area contributed by atoms with E-state index >= 15 is 0 Å². The molecule has 1 saturated carbocycles. The number of rotatable bonds is 3. The SMILES string of the molecule is CC(C)COC1C(C)CC(C)CC1O. The fourth-order valence-electron chi connectivity index (χ4n) is 2.37. The van der Waals surface area contributed by atoms with Gasteiger partial charge in [0, 0.05) is 6.61 Å². The highest BCUT2D eigenvalue weighted by atomic mass is 16.5. The molecule has 0 aromatic carbocycles. The fourth-order valence-corrected chi connectivity index (χ4v) is 2.37. The Morgan fingerprint density at radius 2 is 1.93 bits per heavy atom. The molecule has 0 heterocycles. The van der Waals surface area contributed by atoms with E-state index in [-0.39, 0.29) is 12.2 Å². The zero-order chi connectivity index (χ0) is 10.7. The maximum absolute atomic E-state index is 9.90. The highest BCUT2D eigenvalue weighted by Crippen LogP contribution is 2.31. The Morgan fingerprint density at radius 1 is 1.29 bits per heavy atom. The van der Waals surface area contributed by atoms with Gasteiger partial charge in [0.2, 0.25) is 0 Å². The molecule has 0 aliphatic heterocycles. The highest BCUT2D eigenvalue weighted by Gasteiger charge is 2.33. The summed E-state index contributed by atoms with van der Waals surface area (Å²) in [7, 11) is 0. The quantitative estimate of drug-likeness (QED) is 0.758. The fraction of sp³-hybridized carbons (Fsp3) is 1.00. The van der Waals surface area contributed by atoms with Gasteiger partial charge in [-0.1, -0.05) is 27.7 Å². The summed E-state index contributed by atoms with van der Waals surface area (Å²) in [6, 6.07) is 0. The van der Waals surface area contributed by atoms with Crippen LogP contribution < -0.4 is 0 Å². The maximum Gasteiger partial charge on any atom is 0.0859 e. The van der Waals surface area contributed by atoms with Gasteiger partial charge in [-0.15, -0.1) is 0 Å². The third-order valence-electron chi connectivity index (χ3n) is 2.98. The predicted octanol–water partition coefficient (Wildman–Crippen LogP) is 2.45. The Bertz CT molecular complexity index is 156. The first-order chi connectivity index (χ1) is 6.50. The van der Waals surface area contributed by atoms with E-state index in [1.54, 1.807) is 0 Å². The van der Waals surface area contributed by atoms with Crippen molar-refractivity contribution in [2.75, 3.05) is 6.61 Å². The maximum atomic E-state index is 9.90. The molecule has 14 heavy (non-hydrogen) atoms. The minimum Gasteiger partial charge on any atom is -0.390 e. The van der Waals surface area contributed by atoms with E-state index in [1.165, 1.54) is 6.42 Å². The van der Waals surface area contributed by atoms with Crippen molar-refractivity contribution in [2.24, 2.45) is 17.8 Å². The van der Waals surface area contributed by atoms with E-state index in [4.69, 9.17) is 4.74 Å². The topological polar surface area (TPSA) is 29.5 Å². The molecule has 0 amide bonds. The van der Waals surface area contributed by atoms with E-state index in [1.807, 2.05) is 0 Å². The summed E-state index contributed by atoms with van der Waals surface area (Å²) in [6.45, 7) is 9.44. The van der Waals surface area contributed by atoms with Crippen LogP contribution in [0.1, 0.15) is 40.5 Å². The molecule has 1 aliphatic rings. The molecule has 0 aromatic rings. The van der Waals surface area contributed by atoms with Gasteiger partial charge < -0.3 is 9.84 Å². The van der Waals surface area contributed by atoms with Crippen LogP contribution in [0.5, 0.6) is 0 Å². The number of hydrogen-bond donors (Lipinski definition) is 1. The summed E-state index contributed by atoms with van der Waals surface area (Å²) in [5, 5.41) is 9.90. The van der Waals surface area contributed by atoms with Crippen LogP contribution in [0.2, 0.25) is 0 Å². The molecule has 0 spiro atoms. The van der Waals surface area contributed by atoms with Crippen molar-refractivity contribution in [1.82, 2.24) is 0 Å². The lowest BCUT2D eigenvalue weighted by Crippen LogP contribution is -2.41. The van der Waals surface area contributed by atoms with Gasteiger partial charge in [-0.05, 0) is 30.6 Å². The molecule has 0 saturated heterocycles. The Morgan fingerprint density at radius 3 is 2.43 bits per heavy atom. The average molecular weight is 200 g/mol. The molecule has 1 rings (SSSR count). The summed E-state index contributed by atoms with van der Waals surface area (Å²) in [4.78, 5) is 0. The van der Waals surface area contributed by atoms with Crippen molar-refractivity contribution in [3.8, 4) is 0 Å². The van der Waals surface area contributed by atoms with Crippen molar-refractivity contribution >= 4 is 0 Å². The Balaban J connectivity index is 2.41. The average Bonchev–Trinajstić information content (AvgIpc) is 2.01. The van der Waals surface area contributed by atoms with Crippen molar-refractivity contribution < 1.29 is 9.84 Å². The molecular weight excluding hydrogens is 176 g/mol. The van der Waals surface area contributed by atoms with Gasteiger partial charge >= 0.3 is 0 Å². The third-order valence-corrected chi connectivity index (χ3v) is 2.98. The predicted molar refractivity (Wildman–Crippen MR) is 58.1 cm³/mol. The van der Waals surface area contributed by atoms with Crippen molar-refractivity contribution in [3.05, 3.63) is 0 Å². The van der Waals surface area contributed by atoms with Gasteiger partial charge in [0.1, 0.15) is 0 Å². The van der Waals surface area contributed by atoms with Crippen molar-refractivity contribution in [1.29, 1.82) is 0 Å². The molecule has 1 N–H and O–H groups in total. The van der Waals surface area contributed by atoms with Crippen LogP contribution in [-0.2, 0) is 4.74 Å². The van der Waals surface area contributed by atoms with Crippen LogP contribution in [0.25, 0.3) is 0 Å². The van der Waals surface area contributed by atoms with E-state index < -0.39 is 0 Å². The van der Waals surface area contributed by atoms with Gasteiger partial charge in [-0.3, -0.25) is 0 Å². The summed E-state index contributed by atoms with van der Waals surface area (Å²) in [6.07, 6.45) is 1.88. The van der Waals surface area contributed by atoms with Gasteiger partial charge in [0.05, 0.1) is 12.2 Å². The summed E-state index contributed by atoms with van der Waals surface area (Å²) in [5.41, 5.74) is 0. The minimum absolute atomic E-state index is 0.0635. The molecule has 4 atom stereocenters. The number of aliphatic hydroxyl groups excluding tert-OH is 1. The molecule has 0 aromatic heterocycles. The summed E-state index contributed by atoms with van der Waals surface area (Å²) < 4.78 is 5.77. The Kier molecular flexibility index (Phi) is 4.39. The standard InChI is InChI=1S/C12H24O2/c1-8(2)7-14-12-10(4)5-9(3)6-11(12)13/h8-13H,5-7H2,1-4H3. The second kappa shape index (κ2) is 5.13. The molecule has 2 nitrogen and oxygen atoms in total. The van der Waals surface area contributed by atoms with Crippen molar-refractivity contribution in [2.45, 2.75) is 52.7 Å². The first-order valence-corrected chi connectivity index (χ1v) is 5.80.